The van der Waals surface area contributed by atoms with Crippen LogP contribution in [0, 0.1) is 0 Å². The van der Waals surface area contributed by atoms with Crippen molar-refractivity contribution in [3.05, 3.63) is 48.4 Å². The van der Waals surface area contributed by atoms with Crippen molar-refractivity contribution in [3.8, 4) is 23.0 Å². The van der Waals surface area contributed by atoms with Crippen LogP contribution >= 0.6 is 11.8 Å². The lowest BCUT2D eigenvalue weighted by Gasteiger charge is -2.00. The predicted molar refractivity (Wildman–Crippen MR) is 103 cm³/mol. The van der Waals surface area contributed by atoms with E-state index in [1.807, 2.05) is 49.4 Å². The monoisotopic (exact) mass is 382 g/mol. The number of methoxy groups -OCH3 is 1. The van der Waals surface area contributed by atoms with Crippen LogP contribution in [0.1, 0.15) is 12.8 Å². The van der Waals surface area contributed by atoms with Crippen molar-refractivity contribution in [2.75, 3.05) is 13.7 Å². The van der Waals surface area contributed by atoms with Gasteiger partial charge in [-0.1, -0.05) is 11.8 Å². The first-order chi connectivity index (χ1) is 13.2. The summed E-state index contributed by atoms with van der Waals surface area (Å²) in [6, 6.07) is 13.3. The Morgan fingerprint density at radius 1 is 1.07 bits per heavy atom. The third-order valence-corrected chi connectivity index (χ3v) is 4.74. The number of aromatic amines is 1. The molecule has 0 saturated carbocycles. The van der Waals surface area contributed by atoms with E-state index in [4.69, 9.17) is 13.9 Å². The average Bonchev–Trinajstić information content (AvgIpc) is 3.33. The molecule has 0 aliphatic carbocycles. The van der Waals surface area contributed by atoms with Gasteiger partial charge in [0.2, 0.25) is 11.8 Å². The van der Waals surface area contributed by atoms with Crippen molar-refractivity contribution in [2.45, 2.75) is 17.8 Å². The Morgan fingerprint density at radius 3 is 2.67 bits per heavy atom. The van der Waals surface area contributed by atoms with Crippen molar-refractivity contribution >= 4 is 22.8 Å². The number of fused-ring (bicyclic) bond motifs is 1. The van der Waals surface area contributed by atoms with E-state index in [2.05, 4.69) is 20.2 Å². The van der Waals surface area contributed by atoms with Crippen LogP contribution in [-0.4, -0.2) is 33.9 Å². The van der Waals surface area contributed by atoms with Crippen LogP contribution < -0.4 is 9.47 Å². The molecule has 4 rings (SSSR count). The maximum absolute atomic E-state index is 5.74. The quantitative estimate of drug-likeness (QED) is 0.477. The maximum Gasteiger partial charge on any atom is 0.247 e. The Hall–Kier alpha value is -3.00. The van der Waals surface area contributed by atoms with Crippen LogP contribution in [0.25, 0.3) is 22.5 Å². The Balaban J connectivity index is 1.44. The van der Waals surface area contributed by atoms with Crippen molar-refractivity contribution in [3.63, 3.8) is 0 Å². The Bertz CT molecular complexity index is 1040. The van der Waals surface area contributed by atoms with Gasteiger partial charge in [-0.15, -0.1) is 10.2 Å². The number of benzene rings is 2. The topological polar surface area (TPSA) is 86.1 Å². The van der Waals surface area contributed by atoms with E-state index >= 15 is 0 Å². The summed E-state index contributed by atoms with van der Waals surface area (Å²) in [5.41, 5.74) is 2.69. The highest BCUT2D eigenvalue weighted by molar-refractivity contribution is 7.98. The van der Waals surface area contributed by atoms with E-state index in [-0.39, 0.29) is 0 Å². The van der Waals surface area contributed by atoms with E-state index in [1.54, 1.807) is 7.11 Å². The highest BCUT2D eigenvalue weighted by atomic mass is 32.2. The molecule has 27 heavy (non-hydrogen) atoms. The Kier molecular flexibility index (Phi) is 4.97. The lowest BCUT2D eigenvalue weighted by atomic mass is 10.2. The highest BCUT2D eigenvalue weighted by Crippen LogP contribution is 2.27. The van der Waals surface area contributed by atoms with Crippen molar-refractivity contribution in [2.24, 2.45) is 0 Å². The molecule has 0 atom stereocenters. The average molecular weight is 382 g/mol. The van der Waals surface area contributed by atoms with Gasteiger partial charge >= 0.3 is 0 Å². The van der Waals surface area contributed by atoms with Gasteiger partial charge in [0.1, 0.15) is 11.5 Å². The highest BCUT2D eigenvalue weighted by Gasteiger charge is 2.11. The molecule has 0 unspecified atom stereocenters. The number of hydrogen-bond donors (Lipinski definition) is 1. The number of hydrogen-bond acceptors (Lipinski definition) is 7. The van der Waals surface area contributed by atoms with Crippen molar-refractivity contribution in [1.29, 1.82) is 0 Å². The summed E-state index contributed by atoms with van der Waals surface area (Å²) < 4.78 is 16.4. The minimum absolute atomic E-state index is 0.485. The molecule has 7 nitrogen and oxygen atoms in total. The van der Waals surface area contributed by atoms with Crippen molar-refractivity contribution in [1.82, 2.24) is 20.2 Å². The van der Waals surface area contributed by atoms with Crippen LogP contribution in [-0.2, 0) is 5.75 Å². The number of rotatable bonds is 7. The molecular weight excluding hydrogens is 364 g/mol. The van der Waals surface area contributed by atoms with E-state index in [0.717, 1.165) is 33.3 Å². The summed E-state index contributed by atoms with van der Waals surface area (Å²) in [6.45, 7) is 2.60. The molecule has 138 valence electrons. The second kappa shape index (κ2) is 7.71. The van der Waals surface area contributed by atoms with Crippen LogP contribution in [0.4, 0.5) is 0 Å². The van der Waals surface area contributed by atoms with Crippen LogP contribution in [0.5, 0.6) is 11.5 Å². The molecule has 0 aliphatic rings. The fourth-order valence-electron chi connectivity index (χ4n) is 2.58. The molecule has 1 N–H and O–H groups in total. The minimum Gasteiger partial charge on any atom is -0.497 e. The van der Waals surface area contributed by atoms with Crippen LogP contribution in [0.2, 0.25) is 0 Å². The predicted octanol–water partition coefficient (Wildman–Crippen LogP) is 4.31. The Morgan fingerprint density at radius 2 is 1.89 bits per heavy atom. The molecule has 0 aliphatic heterocycles. The molecular formula is C19H18N4O3S. The second-order valence-electron chi connectivity index (χ2n) is 5.67. The van der Waals surface area contributed by atoms with E-state index in [9.17, 15) is 0 Å². The summed E-state index contributed by atoms with van der Waals surface area (Å²) in [5, 5.41) is 9.02. The molecule has 4 aromatic rings. The number of ether oxygens (including phenoxy) is 2. The number of nitrogens with zero attached hydrogens (tertiary/aromatic N) is 3. The summed E-state index contributed by atoms with van der Waals surface area (Å²) >= 11 is 1.51. The zero-order valence-electron chi connectivity index (χ0n) is 14.9. The van der Waals surface area contributed by atoms with Gasteiger partial charge in [0.05, 0.1) is 30.5 Å². The normalized spacial score (nSPS) is 11.0. The molecule has 2 heterocycles. The smallest absolute Gasteiger partial charge is 0.247 e. The SMILES string of the molecule is CCOc1ccc2nc(SCc3nnc(-c4ccc(OC)cc4)o3)[nH]c2c1. The summed E-state index contributed by atoms with van der Waals surface area (Å²) in [4.78, 5) is 7.85. The first-order valence-corrected chi connectivity index (χ1v) is 9.46. The molecule has 0 spiro atoms. The third kappa shape index (κ3) is 3.90. The van der Waals surface area contributed by atoms with E-state index in [0.29, 0.717) is 24.1 Å². The van der Waals surface area contributed by atoms with Gasteiger partial charge in [-0.2, -0.15) is 0 Å². The first-order valence-electron chi connectivity index (χ1n) is 8.47. The van der Waals surface area contributed by atoms with Gasteiger partial charge in [0.15, 0.2) is 5.16 Å². The molecule has 0 amide bonds. The molecule has 2 aromatic carbocycles. The molecule has 2 aromatic heterocycles. The largest absolute Gasteiger partial charge is 0.497 e. The van der Waals surface area contributed by atoms with Gasteiger partial charge in [0.25, 0.3) is 0 Å². The molecule has 8 heteroatoms. The van der Waals surface area contributed by atoms with Gasteiger partial charge < -0.3 is 18.9 Å². The molecule has 0 fully saturated rings. The van der Waals surface area contributed by atoms with Gasteiger partial charge in [-0.25, -0.2) is 4.98 Å². The summed E-state index contributed by atoms with van der Waals surface area (Å²) in [7, 11) is 1.63. The summed E-state index contributed by atoms with van der Waals surface area (Å²) in [5.74, 6) is 3.17. The summed E-state index contributed by atoms with van der Waals surface area (Å²) in [6.07, 6.45) is 0. The van der Waals surface area contributed by atoms with Crippen LogP contribution in [0.15, 0.2) is 52.0 Å². The molecule has 0 bridgehead atoms. The molecule has 0 saturated heterocycles. The number of imidazole rings is 1. The minimum atomic E-state index is 0.485. The standard InChI is InChI=1S/C19H18N4O3S/c1-3-25-14-8-9-15-16(10-14)21-19(20-15)27-11-17-22-23-18(26-17)12-4-6-13(24-2)7-5-12/h4-10H,3,11H2,1-2H3,(H,20,21). The maximum atomic E-state index is 5.74. The number of aromatic nitrogens is 4. The van der Waals surface area contributed by atoms with Crippen LogP contribution in [0.3, 0.4) is 0 Å². The molecule has 0 radical (unpaired) electrons. The fourth-order valence-corrected chi connectivity index (χ4v) is 3.30. The lowest BCUT2D eigenvalue weighted by molar-refractivity contribution is 0.340. The first kappa shape index (κ1) is 17.4. The number of nitrogens with one attached hydrogen (secondary N) is 1. The number of H-pyrrole nitrogens is 1. The van der Waals surface area contributed by atoms with Crippen molar-refractivity contribution < 1.29 is 13.9 Å². The Labute approximate surface area is 160 Å². The van der Waals surface area contributed by atoms with E-state index in [1.165, 1.54) is 11.8 Å². The number of thioether (sulfide) groups is 1. The zero-order valence-corrected chi connectivity index (χ0v) is 15.7. The second-order valence-corrected chi connectivity index (χ2v) is 6.64. The van der Waals surface area contributed by atoms with E-state index < -0.39 is 0 Å². The fraction of sp³-hybridized carbons (Fsp3) is 0.211. The van der Waals surface area contributed by atoms with Gasteiger partial charge in [0, 0.05) is 11.6 Å². The zero-order chi connectivity index (χ0) is 18.6. The lowest BCUT2D eigenvalue weighted by Crippen LogP contribution is -1.90. The van der Waals surface area contributed by atoms with Gasteiger partial charge in [-0.05, 0) is 43.3 Å². The third-order valence-electron chi connectivity index (χ3n) is 3.88. The van der Waals surface area contributed by atoms with Gasteiger partial charge in [-0.3, -0.25) is 0 Å².